The van der Waals surface area contributed by atoms with E-state index in [1.165, 1.54) is 0 Å². The van der Waals surface area contributed by atoms with E-state index in [1.807, 2.05) is 36.4 Å². The van der Waals surface area contributed by atoms with Gasteiger partial charge in [-0.1, -0.05) is 18.2 Å². The number of para-hydroxylation sites is 1. The molecule has 0 bridgehead atoms. The Morgan fingerprint density at radius 3 is 2.52 bits per heavy atom. The van der Waals surface area contributed by atoms with Crippen molar-refractivity contribution >= 4 is 36.6 Å². The first-order valence-electron chi connectivity index (χ1n) is 8.02. The molecule has 0 atom stereocenters. The lowest BCUT2D eigenvalue weighted by Crippen LogP contribution is -2.35. The van der Waals surface area contributed by atoms with Gasteiger partial charge in [-0.2, -0.15) is 4.98 Å². The second kappa shape index (κ2) is 10.3. The maximum Gasteiger partial charge on any atom is 0.222 e. The zero-order chi connectivity index (χ0) is 16.1. The third-order valence-corrected chi connectivity index (χ3v) is 4.00. The number of nitrogens with two attached hydrogens (primary N) is 2. The number of hydrogen-bond donors (Lipinski definition) is 3. The number of rotatable bonds is 7. The molecular formula is C17H25Cl2N5O. The van der Waals surface area contributed by atoms with Crippen LogP contribution in [0.4, 0.5) is 11.8 Å². The van der Waals surface area contributed by atoms with Gasteiger partial charge in [0.2, 0.25) is 5.95 Å². The van der Waals surface area contributed by atoms with E-state index in [9.17, 15) is 0 Å². The van der Waals surface area contributed by atoms with Gasteiger partial charge in [-0.3, -0.25) is 0 Å². The van der Waals surface area contributed by atoms with Crippen LogP contribution in [-0.2, 0) is 0 Å². The molecule has 5 N–H and O–H groups in total. The van der Waals surface area contributed by atoms with Gasteiger partial charge in [0.25, 0.3) is 0 Å². The number of hydrogen-bond acceptors (Lipinski definition) is 6. The summed E-state index contributed by atoms with van der Waals surface area (Å²) >= 11 is 0. The van der Waals surface area contributed by atoms with Crippen LogP contribution >= 0.6 is 24.8 Å². The van der Waals surface area contributed by atoms with Crippen LogP contribution in [0.1, 0.15) is 30.9 Å². The highest BCUT2D eigenvalue weighted by Gasteiger charge is 2.29. The SMILES string of the molecule is Cl.Cl.Nc1nc(NCCCOc2ccccc2)cc(C2CC(N)C2)n1. The average molecular weight is 386 g/mol. The molecule has 1 aliphatic carbocycles. The van der Waals surface area contributed by atoms with Crippen molar-refractivity contribution in [1.29, 1.82) is 0 Å². The highest BCUT2D eigenvalue weighted by Crippen LogP contribution is 2.35. The van der Waals surface area contributed by atoms with E-state index in [2.05, 4.69) is 15.3 Å². The van der Waals surface area contributed by atoms with E-state index in [-0.39, 0.29) is 24.8 Å². The first-order chi connectivity index (χ1) is 11.2. The monoisotopic (exact) mass is 385 g/mol. The van der Waals surface area contributed by atoms with Gasteiger partial charge in [-0.25, -0.2) is 4.98 Å². The summed E-state index contributed by atoms with van der Waals surface area (Å²) in [5.41, 5.74) is 12.6. The maximum absolute atomic E-state index is 5.84. The highest BCUT2D eigenvalue weighted by molar-refractivity contribution is 5.85. The predicted octanol–water partition coefficient (Wildman–Crippen LogP) is 2.99. The Balaban J connectivity index is 0.00000156. The first kappa shape index (κ1) is 21.3. The van der Waals surface area contributed by atoms with Gasteiger partial charge in [0.1, 0.15) is 11.6 Å². The molecule has 1 aliphatic rings. The molecule has 25 heavy (non-hydrogen) atoms. The molecule has 0 saturated heterocycles. The minimum atomic E-state index is 0. The van der Waals surface area contributed by atoms with Crippen molar-refractivity contribution in [2.24, 2.45) is 5.73 Å². The minimum absolute atomic E-state index is 0. The number of aromatic nitrogens is 2. The second-order valence-corrected chi connectivity index (χ2v) is 5.91. The summed E-state index contributed by atoms with van der Waals surface area (Å²) in [5, 5.41) is 3.28. The van der Waals surface area contributed by atoms with Crippen molar-refractivity contribution in [1.82, 2.24) is 9.97 Å². The van der Waals surface area contributed by atoms with Crippen molar-refractivity contribution in [3.8, 4) is 5.75 Å². The molecule has 8 heteroatoms. The number of ether oxygens (including phenoxy) is 1. The Hall–Kier alpha value is -1.76. The minimum Gasteiger partial charge on any atom is -0.494 e. The van der Waals surface area contributed by atoms with Crippen LogP contribution in [0.3, 0.4) is 0 Å². The summed E-state index contributed by atoms with van der Waals surface area (Å²) in [7, 11) is 0. The molecule has 3 rings (SSSR count). The number of halogens is 2. The quantitative estimate of drug-likeness (QED) is 0.633. The number of benzene rings is 1. The Bertz CT molecular complexity index is 638. The number of nitrogen functional groups attached to an aromatic ring is 1. The molecule has 1 saturated carbocycles. The van der Waals surface area contributed by atoms with Crippen molar-refractivity contribution < 1.29 is 4.74 Å². The van der Waals surface area contributed by atoms with E-state index in [0.717, 1.165) is 43.1 Å². The first-order valence-corrected chi connectivity index (χ1v) is 8.02. The topological polar surface area (TPSA) is 99.1 Å². The van der Waals surface area contributed by atoms with Gasteiger partial charge in [-0.15, -0.1) is 24.8 Å². The average Bonchev–Trinajstić information content (AvgIpc) is 2.52. The fourth-order valence-electron chi connectivity index (χ4n) is 2.68. The largest absolute Gasteiger partial charge is 0.494 e. The van der Waals surface area contributed by atoms with Gasteiger partial charge in [0.05, 0.1) is 12.3 Å². The lowest BCUT2D eigenvalue weighted by molar-refractivity contribution is 0.315. The zero-order valence-electron chi connectivity index (χ0n) is 13.9. The molecule has 6 nitrogen and oxygen atoms in total. The highest BCUT2D eigenvalue weighted by atomic mass is 35.5. The van der Waals surface area contributed by atoms with Gasteiger partial charge in [-0.05, 0) is 31.4 Å². The molecule has 0 amide bonds. The molecular weight excluding hydrogens is 361 g/mol. The third kappa shape index (κ3) is 6.23. The van der Waals surface area contributed by atoms with Crippen LogP contribution in [0.5, 0.6) is 5.75 Å². The van der Waals surface area contributed by atoms with Gasteiger partial charge in [0, 0.05) is 24.6 Å². The van der Waals surface area contributed by atoms with E-state index >= 15 is 0 Å². The predicted molar refractivity (Wildman–Crippen MR) is 106 cm³/mol. The fourth-order valence-corrected chi connectivity index (χ4v) is 2.68. The van der Waals surface area contributed by atoms with Crippen LogP contribution in [0, 0.1) is 0 Å². The van der Waals surface area contributed by atoms with E-state index in [1.54, 1.807) is 0 Å². The molecule has 0 aliphatic heterocycles. The van der Waals surface area contributed by atoms with Crippen molar-refractivity contribution in [3.63, 3.8) is 0 Å². The molecule has 1 aromatic heterocycles. The Labute approximate surface area is 160 Å². The number of nitrogens with one attached hydrogen (secondary N) is 1. The van der Waals surface area contributed by atoms with E-state index < -0.39 is 0 Å². The Kier molecular flexibility index (Phi) is 8.75. The zero-order valence-corrected chi connectivity index (χ0v) is 15.6. The molecule has 1 fully saturated rings. The van der Waals surface area contributed by atoms with E-state index in [4.69, 9.17) is 16.2 Å². The summed E-state index contributed by atoms with van der Waals surface area (Å²) in [4.78, 5) is 8.55. The Morgan fingerprint density at radius 1 is 1.12 bits per heavy atom. The van der Waals surface area contributed by atoms with Gasteiger partial charge >= 0.3 is 0 Å². The van der Waals surface area contributed by atoms with Crippen LogP contribution < -0.4 is 21.5 Å². The Morgan fingerprint density at radius 2 is 1.84 bits per heavy atom. The molecule has 0 unspecified atom stereocenters. The third-order valence-electron chi connectivity index (χ3n) is 4.00. The molecule has 0 radical (unpaired) electrons. The summed E-state index contributed by atoms with van der Waals surface area (Å²) in [6.07, 6.45) is 2.82. The lowest BCUT2D eigenvalue weighted by Gasteiger charge is -2.32. The molecule has 1 aromatic carbocycles. The van der Waals surface area contributed by atoms with Gasteiger partial charge in [0.15, 0.2) is 0 Å². The fraction of sp³-hybridized carbons (Fsp3) is 0.412. The standard InChI is InChI=1S/C17H23N5O.2ClH/c18-13-9-12(10-13)15-11-16(22-17(19)21-15)20-7-4-8-23-14-5-2-1-3-6-14;;/h1-3,5-6,11-13H,4,7-10,18H2,(H3,19,20,21,22);2*1H. The van der Waals surface area contributed by atoms with Crippen LogP contribution in [0.2, 0.25) is 0 Å². The van der Waals surface area contributed by atoms with Crippen LogP contribution in [-0.4, -0.2) is 29.2 Å². The second-order valence-electron chi connectivity index (χ2n) is 5.91. The van der Waals surface area contributed by atoms with Crippen molar-refractivity contribution in [2.75, 3.05) is 24.2 Å². The van der Waals surface area contributed by atoms with E-state index in [0.29, 0.717) is 24.5 Å². The van der Waals surface area contributed by atoms with Crippen molar-refractivity contribution in [2.45, 2.75) is 31.2 Å². The van der Waals surface area contributed by atoms with Crippen LogP contribution in [0.25, 0.3) is 0 Å². The maximum atomic E-state index is 5.84. The van der Waals surface area contributed by atoms with Crippen LogP contribution in [0.15, 0.2) is 36.4 Å². The molecule has 1 heterocycles. The summed E-state index contributed by atoms with van der Waals surface area (Å²) < 4.78 is 5.66. The molecule has 138 valence electrons. The smallest absolute Gasteiger partial charge is 0.222 e. The summed E-state index contributed by atoms with van der Waals surface area (Å²) in [6.45, 7) is 1.43. The van der Waals surface area contributed by atoms with Gasteiger partial charge < -0.3 is 21.5 Å². The summed E-state index contributed by atoms with van der Waals surface area (Å²) in [6, 6.07) is 12.1. The molecule has 0 spiro atoms. The molecule has 2 aromatic rings. The lowest BCUT2D eigenvalue weighted by atomic mass is 9.78. The number of nitrogens with zero attached hydrogens (tertiary/aromatic N) is 2. The van der Waals surface area contributed by atoms with Crippen molar-refractivity contribution in [3.05, 3.63) is 42.1 Å². The normalized spacial score (nSPS) is 18.3. The number of anilines is 2. The summed E-state index contributed by atoms with van der Waals surface area (Å²) in [5.74, 6) is 2.39.